The molecule has 0 radical (unpaired) electrons. The SMILES string of the molecule is CC(C)C1CCOC(Nc2cc(F)c(Oc3ccnc4c3c(Cl)cn4COCC[Si](C)(C)C)c(F)c2)=N1. The molecule has 0 saturated heterocycles. The maximum atomic E-state index is 15.0. The molecule has 1 unspecified atom stereocenters. The molecule has 3 aromatic rings. The molecule has 1 atom stereocenters. The predicted octanol–water partition coefficient (Wildman–Crippen LogP) is 7.29. The van der Waals surface area contributed by atoms with Crippen molar-refractivity contribution >= 4 is 42.4 Å². The number of pyridine rings is 1. The molecule has 7 nitrogen and oxygen atoms in total. The summed E-state index contributed by atoms with van der Waals surface area (Å²) in [4.78, 5) is 8.86. The van der Waals surface area contributed by atoms with Gasteiger partial charge in [-0.3, -0.25) is 0 Å². The predicted molar refractivity (Wildman–Crippen MR) is 146 cm³/mol. The number of anilines is 1. The molecule has 1 N–H and O–H groups in total. The third-order valence-corrected chi connectivity index (χ3v) is 8.06. The zero-order valence-corrected chi connectivity index (χ0v) is 23.5. The van der Waals surface area contributed by atoms with Gasteiger partial charge in [-0.2, -0.15) is 0 Å². The molecular formula is C26H33ClF2N4O3Si. The number of nitrogens with zero attached hydrogens (tertiary/aromatic N) is 3. The van der Waals surface area contributed by atoms with Crippen LogP contribution in [-0.4, -0.2) is 42.9 Å². The van der Waals surface area contributed by atoms with Gasteiger partial charge in [0.25, 0.3) is 6.02 Å². The highest BCUT2D eigenvalue weighted by Gasteiger charge is 2.22. The van der Waals surface area contributed by atoms with E-state index >= 15 is 8.78 Å². The largest absolute Gasteiger partial charge is 0.465 e. The topological polar surface area (TPSA) is 69.9 Å². The van der Waals surface area contributed by atoms with E-state index in [1.165, 1.54) is 12.3 Å². The van der Waals surface area contributed by atoms with E-state index < -0.39 is 25.5 Å². The molecule has 0 amide bonds. The van der Waals surface area contributed by atoms with E-state index in [-0.39, 0.29) is 30.2 Å². The number of benzene rings is 1. The molecule has 200 valence electrons. The average Bonchev–Trinajstić information content (AvgIpc) is 3.15. The zero-order chi connectivity index (χ0) is 26.7. The van der Waals surface area contributed by atoms with Gasteiger partial charge >= 0.3 is 0 Å². The Hall–Kier alpha value is -2.69. The third-order valence-electron chi connectivity index (χ3n) is 6.07. The molecule has 1 aliphatic rings. The standard InChI is InChI=1S/C26H33ClF2N4O3Si/c1-16(2)21-7-9-35-26(32-21)31-17-12-19(28)24(20(29)13-17)36-22-6-8-30-25-23(22)18(27)14-33(25)15-34-10-11-37(3,4)5/h6,8,12-14,16,21H,7,9-11,15H2,1-5H3,(H,31,32). The first-order chi connectivity index (χ1) is 17.5. The van der Waals surface area contributed by atoms with Gasteiger partial charge in [0.1, 0.15) is 18.1 Å². The summed E-state index contributed by atoms with van der Waals surface area (Å²) >= 11 is 6.47. The molecule has 1 aliphatic heterocycles. The van der Waals surface area contributed by atoms with E-state index in [9.17, 15) is 0 Å². The second kappa shape index (κ2) is 11.4. The normalized spacial score (nSPS) is 16.1. The van der Waals surface area contributed by atoms with Gasteiger partial charge in [0.15, 0.2) is 17.4 Å². The molecule has 0 fully saturated rings. The molecule has 3 heterocycles. The highest BCUT2D eigenvalue weighted by molar-refractivity contribution is 6.76. The minimum Gasteiger partial charge on any atom is -0.465 e. The number of ether oxygens (including phenoxy) is 3. The average molecular weight is 551 g/mol. The van der Waals surface area contributed by atoms with Crippen LogP contribution >= 0.6 is 11.6 Å². The lowest BCUT2D eigenvalue weighted by Crippen LogP contribution is -2.29. The molecule has 1 aromatic carbocycles. The van der Waals surface area contributed by atoms with Crippen LogP contribution in [0.3, 0.4) is 0 Å². The molecule has 0 bridgehead atoms. The summed E-state index contributed by atoms with van der Waals surface area (Å²) in [5.41, 5.74) is 0.673. The van der Waals surface area contributed by atoms with Crippen molar-refractivity contribution in [3.05, 3.63) is 47.2 Å². The number of amidine groups is 1. The van der Waals surface area contributed by atoms with E-state index in [0.29, 0.717) is 35.2 Å². The molecule has 0 spiro atoms. The van der Waals surface area contributed by atoms with Gasteiger partial charge in [0, 0.05) is 51.3 Å². The van der Waals surface area contributed by atoms with Crippen molar-refractivity contribution in [3.63, 3.8) is 0 Å². The summed E-state index contributed by atoms with van der Waals surface area (Å²) in [6.45, 7) is 12.4. The van der Waals surface area contributed by atoms with Gasteiger partial charge in [0.05, 0.1) is 23.1 Å². The molecule has 0 saturated carbocycles. The van der Waals surface area contributed by atoms with Gasteiger partial charge in [-0.1, -0.05) is 45.1 Å². The van der Waals surface area contributed by atoms with E-state index in [4.69, 9.17) is 25.8 Å². The van der Waals surface area contributed by atoms with E-state index in [1.807, 2.05) is 0 Å². The summed E-state index contributed by atoms with van der Waals surface area (Å²) in [6, 6.07) is 5.16. The summed E-state index contributed by atoms with van der Waals surface area (Å²) in [5.74, 6) is -1.78. The molecular weight excluding hydrogens is 518 g/mol. The van der Waals surface area contributed by atoms with Crippen LogP contribution in [0.5, 0.6) is 11.5 Å². The lowest BCUT2D eigenvalue weighted by Gasteiger charge is -2.24. The number of aromatic nitrogens is 2. The van der Waals surface area contributed by atoms with E-state index in [1.54, 1.807) is 10.8 Å². The lowest BCUT2D eigenvalue weighted by molar-refractivity contribution is 0.0899. The minimum atomic E-state index is -1.22. The summed E-state index contributed by atoms with van der Waals surface area (Å²) in [5, 5.41) is 3.65. The van der Waals surface area contributed by atoms with Crippen LogP contribution in [0.2, 0.25) is 30.7 Å². The van der Waals surface area contributed by atoms with Crippen molar-refractivity contribution in [1.82, 2.24) is 9.55 Å². The van der Waals surface area contributed by atoms with Crippen molar-refractivity contribution in [2.24, 2.45) is 10.9 Å². The number of hydrogen-bond donors (Lipinski definition) is 1. The Bertz CT molecular complexity index is 1270. The van der Waals surface area contributed by atoms with E-state index in [0.717, 1.165) is 24.6 Å². The van der Waals surface area contributed by atoms with Crippen LogP contribution < -0.4 is 10.1 Å². The maximum absolute atomic E-state index is 15.0. The Balaban J connectivity index is 1.53. The van der Waals surface area contributed by atoms with Gasteiger partial charge in [-0.05, 0) is 18.0 Å². The Morgan fingerprint density at radius 1 is 1.24 bits per heavy atom. The first-order valence-electron chi connectivity index (χ1n) is 12.4. The van der Waals surface area contributed by atoms with Crippen molar-refractivity contribution in [3.8, 4) is 11.5 Å². The Labute approximate surface area is 221 Å². The van der Waals surface area contributed by atoms with Gasteiger partial charge in [0.2, 0.25) is 0 Å². The van der Waals surface area contributed by atoms with Crippen molar-refractivity contribution in [1.29, 1.82) is 0 Å². The number of nitrogens with one attached hydrogen (secondary N) is 1. The van der Waals surface area contributed by atoms with Crippen molar-refractivity contribution < 1.29 is 23.0 Å². The Morgan fingerprint density at radius 3 is 2.65 bits per heavy atom. The minimum absolute atomic E-state index is 0.0884. The number of halogens is 3. The molecule has 0 aliphatic carbocycles. The van der Waals surface area contributed by atoms with Gasteiger partial charge < -0.3 is 24.1 Å². The quantitative estimate of drug-likeness (QED) is 0.224. The molecule has 37 heavy (non-hydrogen) atoms. The monoisotopic (exact) mass is 550 g/mol. The van der Waals surface area contributed by atoms with Crippen LogP contribution in [0.15, 0.2) is 35.6 Å². The smallest absolute Gasteiger partial charge is 0.289 e. The van der Waals surface area contributed by atoms with Gasteiger partial charge in [-0.25, -0.2) is 18.8 Å². The van der Waals surface area contributed by atoms with Crippen LogP contribution in [0.25, 0.3) is 11.0 Å². The molecule has 2 aromatic heterocycles. The summed E-state index contributed by atoms with van der Waals surface area (Å²) in [7, 11) is -1.22. The van der Waals surface area contributed by atoms with Crippen molar-refractivity contribution in [2.75, 3.05) is 18.5 Å². The number of fused-ring (bicyclic) bond motifs is 1. The second-order valence-corrected chi connectivity index (χ2v) is 16.7. The highest BCUT2D eigenvalue weighted by atomic mass is 35.5. The van der Waals surface area contributed by atoms with Crippen LogP contribution in [0.1, 0.15) is 20.3 Å². The first-order valence-corrected chi connectivity index (χ1v) is 16.5. The Kier molecular flexibility index (Phi) is 8.40. The zero-order valence-electron chi connectivity index (χ0n) is 21.8. The third kappa shape index (κ3) is 6.80. The van der Waals surface area contributed by atoms with Crippen LogP contribution in [0, 0.1) is 17.6 Å². The fourth-order valence-electron chi connectivity index (χ4n) is 3.91. The first kappa shape index (κ1) is 27.3. The summed E-state index contributed by atoms with van der Waals surface area (Å²) in [6.07, 6.45) is 3.98. The number of hydrogen-bond acceptors (Lipinski definition) is 6. The summed E-state index contributed by atoms with van der Waals surface area (Å²) < 4.78 is 48.8. The second-order valence-electron chi connectivity index (χ2n) is 10.7. The van der Waals surface area contributed by atoms with E-state index in [2.05, 4.69) is 48.8 Å². The fraction of sp³-hybridized carbons (Fsp3) is 0.462. The van der Waals surface area contributed by atoms with Crippen LogP contribution in [0.4, 0.5) is 14.5 Å². The molecule has 4 rings (SSSR count). The molecule has 11 heteroatoms. The van der Waals surface area contributed by atoms with Crippen LogP contribution in [-0.2, 0) is 16.2 Å². The number of rotatable bonds is 9. The Morgan fingerprint density at radius 2 is 1.97 bits per heavy atom. The number of aliphatic imine (C=N–C) groups is 1. The lowest BCUT2D eigenvalue weighted by atomic mass is 10.0. The van der Waals surface area contributed by atoms with Crippen molar-refractivity contribution in [2.45, 2.75) is 58.7 Å². The fourth-order valence-corrected chi connectivity index (χ4v) is 4.96. The van der Waals surface area contributed by atoms with Gasteiger partial charge in [-0.15, -0.1) is 0 Å². The highest BCUT2D eigenvalue weighted by Crippen LogP contribution is 2.37. The maximum Gasteiger partial charge on any atom is 0.289 e.